The molecule has 2 N–H and O–H groups in total. The van der Waals surface area contributed by atoms with Crippen molar-refractivity contribution >= 4 is 11.7 Å². The number of nitrogens with one attached hydrogen (secondary N) is 2. The molecular weight excluding hydrogens is 200 g/mol. The smallest absolute Gasteiger partial charge is 0.319 e. The highest BCUT2D eigenvalue weighted by atomic mass is 16.2. The highest BCUT2D eigenvalue weighted by Gasteiger charge is 2.05. The topological polar surface area (TPSA) is 41.1 Å². The Balaban J connectivity index is 2.75. The molecule has 1 aromatic carbocycles. The fourth-order valence-electron chi connectivity index (χ4n) is 1.44. The second-order valence-corrected chi connectivity index (χ2v) is 4.26. The standard InChI is InChI=1S/C13H20N2O/c1-5-11-7-6-10(4)12(8-11)15-13(16)14-9(2)3/h6-9H,5H2,1-4H3,(H2,14,15,16). The number of amides is 2. The van der Waals surface area contributed by atoms with E-state index in [-0.39, 0.29) is 12.1 Å². The molecule has 1 rings (SSSR count). The molecule has 1 aromatic rings. The molecule has 0 saturated heterocycles. The Morgan fingerprint density at radius 1 is 1.38 bits per heavy atom. The number of anilines is 1. The van der Waals surface area contributed by atoms with Gasteiger partial charge in [0.2, 0.25) is 0 Å². The Bertz CT molecular complexity index is 372. The first-order valence-electron chi connectivity index (χ1n) is 5.70. The molecule has 0 aliphatic rings. The predicted octanol–water partition coefficient (Wildman–Crippen LogP) is 3.09. The average Bonchev–Trinajstić information content (AvgIpc) is 2.20. The van der Waals surface area contributed by atoms with Crippen molar-refractivity contribution in [3.8, 4) is 0 Å². The Morgan fingerprint density at radius 3 is 2.62 bits per heavy atom. The normalized spacial score (nSPS) is 10.3. The van der Waals surface area contributed by atoms with Crippen LogP contribution in [0.25, 0.3) is 0 Å². The summed E-state index contributed by atoms with van der Waals surface area (Å²) in [6.07, 6.45) is 0.973. The summed E-state index contributed by atoms with van der Waals surface area (Å²) in [5, 5.41) is 5.67. The molecule has 0 aliphatic carbocycles. The van der Waals surface area contributed by atoms with E-state index in [0.29, 0.717) is 0 Å². The second-order valence-electron chi connectivity index (χ2n) is 4.26. The Hall–Kier alpha value is -1.51. The molecule has 3 nitrogen and oxygen atoms in total. The number of benzene rings is 1. The first kappa shape index (κ1) is 12.6. The predicted molar refractivity (Wildman–Crippen MR) is 67.8 cm³/mol. The van der Waals surface area contributed by atoms with Gasteiger partial charge in [-0.05, 0) is 44.4 Å². The Kier molecular flexibility index (Phi) is 4.35. The van der Waals surface area contributed by atoms with Crippen LogP contribution >= 0.6 is 0 Å². The monoisotopic (exact) mass is 220 g/mol. The number of carbonyl (C=O) groups is 1. The molecular formula is C13H20N2O. The highest BCUT2D eigenvalue weighted by Crippen LogP contribution is 2.17. The van der Waals surface area contributed by atoms with E-state index in [1.54, 1.807) is 0 Å². The molecule has 0 aromatic heterocycles. The first-order valence-corrected chi connectivity index (χ1v) is 5.70. The number of hydrogen-bond donors (Lipinski definition) is 2. The van der Waals surface area contributed by atoms with Gasteiger partial charge < -0.3 is 10.6 Å². The van der Waals surface area contributed by atoms with Crippen LogP contribution in [0.5, 0.6) is 0 Å². The summed E-state index contributed by atoms with van der Waals surface area (Å²) in [5.74, 6) is 0. The zero-order valence-corrected chi connectivity index (χ0v) is 10.4. The quantitative estimate of drug-likeness (QED) is 0.807. The van der Waals surface area contributed by atoms with Crippen molar-refractivity contribution in [3.05, 3.63) is 29.3 Å². The van der Waals surface area contributed by atoms with Crippen molar-refractivity contribution in [2.45, 2.75) is 40.2 Å². The van der Waals surface area contributed by atoms with Gasteiger partial charge in [-0.3, -0.25) is 0 Å². The third kappa shape index (κ3) is 3.57. The Morgan fingerprint density at radius 2 is 2.06 bits per heavy atom. The van der Waals surface area contributed by atoms with E-state index in [1.165, 1.54) is 5.56 Å². The third-order valence-corrected chi connectivity index (χ3v) is 2.38. The van der Waals surface area contributed by atoms with Crippen LogP contribution in [0.3, 0.4) is 0 Å². The van der Waals surface area contributed by atoms with Gasteiger partial charge in [-0.2, -0.15) is 0 Å². The van der Waals surface area contributed by atoms with E-state index in [0.717, 1.165) is 17.7 Å². The van der Waals surface area contributed by atoms with E-state index >= 15 is 0 Å². The van der Waals surface area contributed by atoms with Crippen LogP contribution in [-0.4, -0.2) is 12.1 Å². The molecule has 0 heterocycles. The largest absolute Gasteiger partial charge is 0.336 e. The highest BCUT2D eigenvalue weighted by molar-refractivity contribution is 5.90. The maximum atomic E-state index is 11.6. The van der Waals surface area contributed by atoms with Crippen molar-refractivity contribution < 1.29 is 4.79 Å². The molecule has 0 unspecified atom stereocenters. The average molecular weight is 220 g/mol. The SMILES string of the molecule is CCc1ccc(C)c(NC(=O)NC(C)C)c1. The van der Waals surface area contributed by atoms with Crippen molar-refractivity contribution in [1.29, 1.82) is 0 Å². The van der Waals surface area contributed by atoms with Crippen LogP contribution in [0.4, 0.5) is 10.5 Å². The summed E-state index contributed by atoms with van der Waals surface area (Å²) in [5.41, 5.74) is 3.19. The third-order valence-electron chi connectivity index (χ3n) is 2.38. The molecule has 3 heteroatoms. The van der Waals surface area contributed by atoms with Gasteiger partial charge in [0.1, 0.15) is 0 Å². The second kappa shape index (κ2) is 5.54. The molecule has 0 atom stereocenters. The maximum absolute atomic E-state index is 11.6. The van der Waals surface area contributed by atoms with Crippen LogP contribution in [-0.2, 0) is 6.42 Å². The van der Waals surface area contributed by atoms with Crippen LogP contribution in [0.15, 0.2) is 18.2 Å². The fourth-order valence-corrected chi connectivity index (χ4v) is 1.44. The number of hydrogen-bond acceptors (Lipinski definition) is 1. The maximum Gasteiger partial charge on any atom is 0.319 e. The first-order chi connectivity index (χ1) is 7.52. The van der Waals surface area contributed by atoms with E-state index in [1.807, 2.05) is 32.9 Å². The molecule has 2 amide bonds. The molecule has 0 fully saturated rings. The molecule has 0 radical (unpaired) electrons. The lowest BCUT2D eigenvalue weighted by atomic mass is 10.1. The summed E-state index contributed by atoms with van der Waals surface area (Å²) in [7, 11) is 0. The lowest BCUT2D eigenvalue weighted by Crippen LogP contribution is -2.34. The number of carbonyl (C=O) groups excluding carboxylic acids is 1. The van der Waals surface area contributed by atoms with Crippen LogP contribution in [0, 0.1) is 6.92 Å². The van der Waals surface area contributed by atoms with E-state index in [2.05, 4.69) is 23.6 Å². The summed E-state index contributed by atoms with van der Waals surface area (Å²) < 4.78 is 0. The number of aryl methyl sites for hydroxylation is 2. The molecule has 0 bridgehead atoms. The molecule has 0 saturated carbocycles. The minimum absolute atomic E-state index is 0.147. The Labute approximate surface area is 97.2 Å². The summed E-state index contributed by atoms with van der Waals surface area (Å²) in [6.45, 7) is 7.97. The van der Waals surface area contributed by atoms with Crippen molar-refractivity contribution in [2.75, 3.05) is 5.32 Å². The van der Waals surface area contributed by atoms with Crippen LogP contribution in [0.2, 0.25) is 0 Å². The van der Waals surface area contributed by atoms with Gasteiger partial charge in [0, 0.05) is 11.7 Å². The zero-order chi connectivity index (χ0) is 12.1. The van der Waals surface area contributed by atoms with Crippen molar-refractivity contribution in [2.24, 2.45) is 0 Å². The zero-order valence-electron chi connectivity index (χ0n) is 10.4. The van der Waals surface area contributed by atoms with Gasteiger partial charge in [-0.25, -0.2) is 4.79 Å². The lowest BCUT2D eigenvalue weighted by Gasteiger charge is -2.12. The minimum atomic E-state index is -0.147. The lowest BCUT2D eigenvalue weighted by molar-refractivity contribution is 0.250. The van der Waals surface area contributed by atoms with E-state index in [4.69, 9.17) is 0 Å². The summed E-state index contributed by atoms with van der Waals surface area (Å²) in [6, 6.07) is 6.14. The fraction of sp³-hybridized carbons (Fsp3) is 0.462. The molecule has 88 valence electrons. The van der Waals surface area contributed by atoms with Gasteiger partial charge in [-0.1, -0.05) is 19.1 Å². The van der Waals surface area contributed by atoms with Gasteiger partial charge in [0.15, 0.2) is 0 Å². The molecule has 0 spiro atoms. The van der Waals surface area contributed by atoms with Crippen molar-refractivity contribution in [3.63, 3.8) is 0 Å². The van der Waals surface area contributed by atoms with E-state index in [9.17, 15) is 4.79 Å². The summed E-state index contributed by atoms with van der Waals surface area (Å²) >= 11 is 0. The molecule has 0 aliphatic heterocycles. The number of urea groups is 1. The van der Waals surface area contributed by atoms with Crippen LogP contribution < -0.4 is 10.6 Å². The van der Waals surface area contributed by atoms with Gasteiger partial charge in [0.05, 0.1) is 0 Å². The van der Waals surface area contributed by atoms with Gasteiger partial charge in [0.25, 0.3) is 0 Å². The minimum Gasteiger partial charge on any atom is -0.336 e. The van der Waals surface area contributed by atoms with Gasteiger partial charge in [-0.15, -0.1) is 0 Å². The van der Waals surface area contributed by atoms with Gasteiger partial charge >= 0.3 is 6.03 Å². The number of rotatable bonds is 3. The summed E-state index contributed by atoms with van der Waals surface area (Å²) in [4.78, 5) is 11.6. The van der Waals surface area contributed by atoms with Crippen molar-refractivity contribution in [1.82, 2.24) is 5.32 Å². The van der Waals surface area contributed by atoms with Crippen LogP contribution in [0.1, 0.15) is 31.9 Å². The van der Waals surface area contributed by atoms with E-state index < -0.39 is 0 Å². The molecule has 16 heavy (non-hydrogen) atoms.